The number of amides is 1. The van der Waals surface area contributed by atoms with E-state index < -0.39 is 0 Å². The molecule has 0 aliphatic heterocycles. The van der Waals surface area contributed by atoms with Gasteiger partial charge >= 0.3 is 0 Å². The van der Waals surface area contributed by atoms with Gasteiger partial charge in [-0.15, -0.1) is 0 Å². The van der Waals surface area contributed by atoms with E-state index in [4.69, 9.17) is 9.47 Å². The molecule has 20 heavy (non-hydrogen) atoms. The zero-order chi connectivity index (χ0) is 14.4. The molecule has 1 fully saturated rings. The van der Waals surface area contributed by atoms with Gasteiger partial charge in [0, 0.05) is 18.2 Å². The molecule has 0 heterocycles. The summed E-state index contributed by atoms with van der Waals surface area (Å²) in [6, 6.07) is 6.09. The van der Waals surface area contributed by atoms with Crippen LogP contribution in [0.3, 0.4) is 0 Å². The highest BCUT2D eigenvalue weighted by Gasteiger charge is 2.22. The Morgan fingerprint density at radius 3 is 2.85 bits per heavy atom. The van der Waals surface area contributed by atoms with E-state index >= 15 is 0 Å². The van der Waals surface area contributed by atoms with Crippen molar-refractivity contribution in [2.45, 2.75) is 31.8 Å². The van der Waals surface area contributed by atoms with Crippen LogP contribution in [0.1, 0.15) is 24.8 Å². The van der Waals surface area contributed by atoms with Gasteiger partial charge < -0.3 is 20.1 Å². The van der Waals surface area contributed by atoms with Crippen LogP contribution in [0.25, 0.3) is 0 Å². The highest BCUT2D eigenvalue weighted by Crippen LogP contribution is 2.24. The molecule has 1 aliphatic rings. The average Bonchev–Trinajstić information content (AvgIpc) is 3.24. The van der Waals surface area contributed by atoms with E-state index in [2.05, 4.69) is 10.6 Å². The minimum atomic E-state index is 0.0659. The van der Waals surface area contributed by atoms with Crippen LogP contribution in [0, 0.1) is 0 Å². The molecular formula is C15H22N2O3. The van der Waals surface area contributed by atoms with Crippen molar-refractivity contribution in [2.24, 2.45) is 0 Å². The van der Waals surface area contributed by atoms with Gasteiger partial charge in [0.25, 0.3) is 0 Å². The molecule has 0 radical (unpaired) electrons. The quantitative estimate of drug-likeness (QED) is 0.756. The lowest BCUT2D eigenvalue weighted by Crippen LogP contribution is -2.26. The Labute approximate surface area is 119 Å². The monoisotopic (exact) mass is 278 g/mol. The highest BCUT2D eigenvalue weighted by atomic mass is 16.5. The first-order chi connectivity index (χ1) is 9.72. The second-order valence-corrected chi connectivity index (χ2v) is 4.94. The van der Waals surface area contributed by atoms with Gasteiger partial charge in [0.1, 0.15) is 11.5 Å². The third-order valence-corrected chi connectivity index (χ3v) is 3.16. The third-order valence-electron chi connectivity index (χ3n) is 3.16. The van der Waals surface area contributed by atoms with E-state index in [1.54, 1.807) is 7.11 Å². The van der Waals surface area contributed by atoms with E-state index in [-0.39, 0.29) is 5.91 Å². The first-order valence-electron chi connectivity index (χ1n) is 6.96. The Kier molecular flexibility index (Phi) is 5.24. The van der Waals surface area contributed by atoms with E-state index in [1.165, 1.54) is 0 Å². The maximum atomic E-state index is 11.6. The van der Waals surface area contributed by atoms with Crippen molar-refractivity contribution in [3.05, 3.63) is 23.8 Å². The molecule has 5 nitrogen and oxygen atoms in total. The van der Waals surface area contributed by atoms with Gasteiger partial charge in [-0.25, -0.2) is 0 Å². The lowest BCUT2D eigenvalue weighted by atomic mass is 10.2. The van der Waals surface area contributed by atoms with Gasteiger partial charge in [0.15, 0.2) is 0 Å². The molecule has 2 N–H and O–H groups in total. The summed E-state index contributed by atoms with van der Waals surface area (Å²) in [7, 11) is 3.52. The largest absolute Gasteiger partial charge is 0.497 e. The molecule has 0 bridgehead atoms. The molecule has 0 saturated heterocycles. The van der Waals surface area contributed by atoms with E-state index in [0.29, 0.717) is 25.6 Å². The molecule has 0 aromatic heterocycles. The van der Waals surface area contributed by atoms with Crippen molar-refractivity contribution in [2.75, 3.05) is 20.8 Å². The standard InChI is InChI=1S/C15H22N2O3/c1-16-10-11-9-13(19-2)5-6-14(11)20-8-7-15(18)17-12-3-4-12/h5-6,9,12,16H,3-4,7-8,10H2,1-2H3,(H,17,18). The van der Waals surface area contributed by atoms with Crippen molar-refractivity contribution < 1.29 is 14.3 Å². The normalized spacial score (nSPS) is 13.9. The SMILES string of the molecule is CNCc1cc(OC)ccc1OCCC(=O)NC1CC1. The highest BCUT2D eigenvalue weighted by molar-refractivity contribution is 5.76. The molecule has 1 aromatic rings. The molecule has 1 aliphatic carbocycles. The fourth-order valence-electron chi connectivity index (χ4n) is 1.93. The maximum absolute atomic E-state index is 11.6. The number of hydrogen-bond acceptors (Lipinski definition) is 4. The van der Waals surface area contributed by atoms with Gasteiger partial charge in [-0.3, -0.25) is 4.79 Å². The molecule has 2 rings (SSSR count). The number of nitrogens with one attached hydrogen (secondary N) is 2. The molecule has 0 spiro atoms. The predicted molar refractivity (Wildman–Crippen MR) is 77.0 cm³/mol. The summed E-state index contributed by atoms with van der Waals surface area (Å²) in [5, 5.41) is 6.04. The van der Waals surface area contributed by atoms with Crippen LogP contribution < -0.4 is 20.1 Å². The zero-order valence-corrected chi connectivity index (χ0v) is 12.1. The summed E-state index contributed by atoms with van der Waals surface area (Å²) >= 11 is 0. The molecule has 110 valence electrons. The number of carbonyl (C=O) groups excluding carboxylic acids is 1. The average molecular weight is 278 g/mol. The molecule has 1 amide bonds. The third kappa shape index (κ3) is 4.42. The van der Waals surface area contributed by atoms with Crippen molar-refractivity contribution in [3.63, 3.8) is 0 Å². The number of hydrogen-bond donors (Lipinski definition) is 2. The Balaban J connectivity index is 1.85. The number of benzene rings is 1. The smallest absolute Gasteiger partial charge is 0.223 e. The van der Waals surface area contributed by atoms with Crippen LogP contribution in [-0.2, 0) is 11.3 Å². The fraction of sp³-hybridized carbons (Fsp3) is 0.533. The second kappa shape index (κ2) is 7.14. The van der Waals surface area contributed by atoms with Gasteiger partial charge in [0.05, 0.1) is 20.1 Å². The van der Waals surface area contributed by atoms with Gasteiger partial charge in [-0.2, -0.15) is 0 Å². The summed E-state index contributed by atoms with van der Waals surface area (Å²) < 4.78 is 10.9. The molecule has 0 unspecified atom stereocenters. The Hall–Kier alpha value is -1.75. The van der Waals surface area contributed by atoms with Crippen LogP contribution in [0.4, 0.5) is 0 Å². The lowest BCUT2D eigenvalue weighted by molar-refractivity contribution is -0.121. The molecule has 5 heteroatoms. The Morgan fingerprint density at radius 1 is 1.40 bits per heavy atom. The van der Waals surface area contributed by atoms with Gasteiger partial charge in [-0.1, -0.05) is 0 Å². The molecule has 1 aromatic carbocycles. The maximum Gasteiger partial charge on any atom is 0.223 e. The van der Waals surface area contributed by atoms with E-state index in [1.807, 2.05) is 25.2 Å². The van der Waals surface area contributed by atoms with Crippen molar-refractivity contribution in [1.82, 2.24) is 10.6 Å². The van der Waals surface area contributed by atoms with Crippen molar-refractivity contribution in [3.8, 4) is 11.5 Å². The van der Waals surface area contributed by atoms with Crippen LogP contribution in [0.15, 0.2) is 18.2 Å². The van der Waals surface area contributed by atoms with Crippen molar-refractivity contribution >= 4 is 5.91 Å². The summed E-state index contributed by atoms with van der Waals surface area (Å²) in [4.78, 5) is 11.6. The summed E-state index contributed by atoms with van der Waals surface area (Å²) in [5.41, 5.74) is 1.02. The van der Waals surface area contributed by atoms with E-state index in [9.17, 15) is 4.79 Å². The zero-order valence-electron chi connectivity index (χ0n) is 12.1. The van der Waals surface area contributed by atoms with Crippen LogP contribution in [0.5, 0.6) is 11.5 Å². The summed E-state index contributed by atoms with van der Waals surface area (Å²) in [6.45, 7) is 1.09. The first kappa shape index (κ1) is 14.7. The predicted octanol–water partition coefficient (Wildman–Crippen LogP) is 1.46. The topological polar surface area (TPSA) is 59.6 Å². The number of ether oxygens (including phenoxy) is 2. The first-order valence-corrected chi connectivity index (χ1v) is 6.96. The minimum Gasteiger partial charge on any atom is -0.497 e. The van der Waals surface area contributed by atoms with Gasteiger partial charge in [-0.05, 0) is 38.1 Å². The number of rotatable bonds is 8. The van der Waals surface area contributed by atoms with Gasteiger partial charge in [0.2, 0.25) is 5.91 Å². The lowest BCUT2D eigenvalue weighted by Gasteiger charge is -2.12. The second-order valence-electron chi connectivity index (χ2n) is 4.94. The fourth-order valence-corrected chi connectivity index (χ4v) is 1.93. The van der Waals surface area contributed by atoms with Crippen molar-refractivity contribution in [1.29, 1.82) is 0 Å². The van der Waals surface area contributed by atoms with Crippen LogP contribution in [-0.4, -0.2) is 32.7 Å². The molecule has 0 atom stereocenters. The molecular weight excluding hydrogens is 256 g/mol. The van der Waals surface area contributed by atoms with Crippen LogP contribution >= 0.6 is 0 Å². The summed E-state index contributed by atoms with van der Waals surface area (Å²) in [6.07, 6.45) is 2.61. The van der Waals surface area contributed by atoms with E-state index in [0.717, 1.165) is 29.9 Å². The Morgan fingerprint density at radius 2 is 2.20 bits per heavy atom. The summed E-state index contributed by atoms with van der Waals surface area (Å²) in [5.74, 6) is 1.66. The van der Waals surface area contributed by atoms with Crippen LogP contribution in [0.2, 0.25) is 0 Å². The minimum absolute atomic E-state index is 0.0659. The number of carbonyl (C=O) groups is 1. The Bertz CT molecular complexity index is 458. The molecule has 1 saturated carbocycles. The number of methoxy groups -OCH3 is 1.